The number of pyridine rings is 1. The van der Waals surface area contributed by atoms with Crippen molar-refractivity contribution < 1.29 is 9.90 Å². The van der Waals surface area contributed by atoms with Gasteiger partial charge in [-0.15, -0.1) is 0 Å². The van der Waals surface area contributed by atoms with Gasteiger partial charge in [0.05, 0.1) is 22.8 Å². The Hall–Kier alpha value is -3.25. The fourth-order valence-electron chi connectivity index (χ4n) is 3.99. The number of aromatic carboxylic acids is 1. The highest BCUT2D eigenvalue weighted by molar-refractivity contribution is 6.04. The predicted octanol–water partition coefficient (Wildman–Crippen LogP) is 4.74. The molecule has 0 radical (unpaired) electrons. The number of carboxylic acid groups (broad SMARTS) is 1. The van der Waals surface area contributed by atoms with E-state index in [0.29, 0.717) is 5.52 Å². The van der Waals surface area contributed by atoms with Gasteiger partial charge in [-0.25, -0.2) is 9.78 Å². The van der Waals surface area contributed by atoms with Crippen molar-refractivity contribution in [3.8, 4) is 0 Å². The summed E-state index contributed by atoms with van der Waals surface area (Å²) in [6.45, 7) is 3.82. The number of benzene rings is 2. The van der Waals surface area contributed by atoms with E-state index in [9.17, 15) is 9.90 Å². The van der Waals surface area contributed by atoms with Gasteiger partial charge in [0.1, 0.15) is 11.3 Å². The van der Waals surface area contributed by atoms with Crippen molar-refractivity contribution in [1.82, 2.24) is 19.4 Å². The van der Waals surface area contributed by atoms with Gasteiger partial charge in [-0.1, -0.05) is 37.6 Å². The van der Waals surface area contributed by atoms with Crippen LogP contribution in [0.3, 0.4) is 0 Å². The number of nitrogens with zero attached hydrogens (tertiary/aromatic N) is 4. The van der Waals surface area contributed by atoms with Crippen molar-refractivity contribution in [1.29, 1.82) is 0 Å². The van der Waals surface area contributed by atoms with Gasteiger partial charge < -0.3 is 14.6 Å². The topological polar surface area (TPSA) is 71.2 Å². The molecule has 0 spiro atoms. The van der Waals surface area contributed by atoms with Crippen LogP contribution in [0.15, 0.2) is 48.7 Å². The first kappa shape index (κ1) is 21.0. The molecule has 0 aliphatic carbocycles. The quantitative estimate of drug-likeness (QED) is 0.449. The Morgan fingerprint density at radius 1 is 1.06 bits per heavy atom. The zero-order chi connectivity index (χ0) is 22.0. The summed E-state index contributed by atoms with van der Waals surface area (Å²) in [7, 11) is 4.14. The largest absolute Gasteiger partial charge is 0.478 e. The van der Waals surface area contributed by atoms with E-state index in [4.69, 9.17) is 4.98 Å². The Morgan fingerprint density at radius 2 is 1.81 bits per heavy atom. The molecule has 0 atom stereocenters. The minimum atomic E-state index is -0.946. The zero-order valence-corrected chi connectivity index (χ0v) is 18.3. The second kappa shape index (κ2) is 8.86. The Balaban J connectivity index is 1.81. The lowest BCUT2D eigenvalue weighted by Gasteiger charge is -2.13. The Kier molecular flexibility index (Phi) is 6.00. The number of hydrogen-bond donors (Lipinski definition) is 1. The Bertz CT molecular complexity index is 1230. The van der Waals surface area contributed by atoms with Gasteiger partial charge in [0.15, 0.2) is 0 Å². The van der Waals surface area contributed by atoms with Gasteiger partial charge >= 0.3 is 5.97 Å². The fourth-order valence-corrected chi connectivity index (χ4v) is 3.99. The molecule has 0 aliphatic rings. The van der Waals surface area contributed by atoms with E-state index in [1.54, 1.807) is 18.3 Å². The predicted molar refractivity (Wildman–Crippen MR) is 124 cm³/mol. The molecule has 1 N–H and O–H groups in total. The van der Waals surface area contributed by atoms with E-state index in [2.05, 4.69) is 59.7 Å². The van der Waals surface area contributed by atoms with Crippen molar-refractivity contribution in [2.75, 3.05) is 14.1 Å². The lowest BCUT2D eigenvalue weighted by Crippen LogP contribution is -2.10. The van der Waals surface area contributed by atoms with E-state index in [1.807, 2.05) is 6.07 Å². The number of aryl methyl sites for hydroxylation is 1. The number of imidazole rings is 1. The van der Waals surface area contributed by atoms with Gasteiger partial charge in [-0.3, -0.25) is 4.98 Å². The standard InChI is InChI=1S/C25H28N4O2/c1-4-5-6-23-27-22-14-26-21-13-19(25(30)31)11-12-20(21)24(22)29(23)16-18-9-7-17(8-10-18)15-28(2)3/h7-14H,4-6,15-16H2,1-3H3,(H,30,31). The summed E-state index contributed by atoms with van der Waals surface area (Å²) < 4.78 is 2.27. The molecule has 2 aromatic heterocycles. The van der Waals surface area contributed by atoms with Crippen LogP contribution < -0.4 is 0 Å². The maximum atomic E-state index is 11.4. The average Bonchev–Trinajstić information content (AvgIpc) is 3.10. The molecule has 4 aromatic rings. The minimum Gasteiger partial charge on any atom is -0.478 e. The number of unbranched alkanes of at least 4 members (excludes halogenated alkanes) is 1. The van der Waals surface area contributed by atoms with E-state index >= 15 is 0 Å². The van der Waals surface area contributed by atoms with Crippen molar-refractivity contribution in [3.63, 3.8) is 0 Å². The van der Waals surface area contributed by atoms with E-state index in [1.165, 1.54) is 11.1 Å². The fraction of sp³-hybridized carbons (Fsp3) is 0.320. The van der Waals surface area contributed by atoms with Gasteiger partial charge in [0.2, 0.25) is 0 Å². The van der Waals surface area contributed by atoms with Crippen molar-refractivity contribution in [2.24, 2.45) is 0 Å². The molecule has 0 bridgehead atoms. The highest BCUT2D eigenvalue weighted by Crippen LogP contribution is 2.27. The third kappa shape index (κ3) is 4.44. The maximum absolute atomic E-state index is 11.4. The van der Waals surface area contributed by atoms with Crippen LogP contribution in [0.25, 0.3) is 21.9 Å². The van der Waals surface area contributed by atoms with Gasteiger partial charge in [-0.05, 0) is 49.8 Å². The van der Waals surface area contributed by atoms with Gasteiger partial charge in [0.25, 0.3) is 0 Å². The molecular weight excluding hydrogens is 388 g/mol. The van der Waals surface area contributed by atoms with E-state index in [-0.39, 0.29) is 5.56 Å². The zero-order valence-electron chi connectivity index (χ0n) is 18.3. The summed E-state index contributed by atoms with van der Waals surface area (Å²) in [6, 6.07) is 13.9. The second-order valence-corrected chi connectivity index (χ2v) is 8.30. The third-order valence-corrected chi connectivity index (χ3v) is 5.52. The van der Waals surface area contributed by atoms with Crippen LogP contribution in [0, 0.1) is 0 Å². The lowest BCUT2D eigenvalue weighted by atomic mass is 10.1. The molecule has 6 heteroatoms. The molecule has 0 saturated carbocycles. The van der Waals surface area contributed by atoms with E-state index < -0.39 is 5.97 Å². The van der Waals surface area contributed by atoms with E-state index in [0.717, 1.165) is 54.6 Å². The van der Waals surface area contributed by atoms with Crippen molar-refractivity contribution in [3.05, 3.63) is 71.2 Å². The maximum Gasteiger partial charge on any atom is 0.335 e. The van der Waals surface area contributed by atoms with Crippen LogP contribution in [-0.2, 0) is 19.5 Å². The molecular formula is C25H28N4O2. The lowest BCUT2D eigenvalue weighted by molar-refractivity contribution is 0.0697. The first-order valence-electron chi connectivity index (χ1n) is 10.7. The Labute approximate surface area is 182 Å². The second-order valence-electron chi connectivity index (χ2n) is 8.30. The van der Waals surface area contributed by atoms with Crippen molar-refractivity contribution >= 4 is 27.9 Å². The smallest absolute Gasteiger partial charge is 0.335 e. The summed E-state index contributed by atoms with van der Waals surface area (Å²) in [5.41, 5.74) is 5.29. The molecule has 2 heterocycles. The molecule has 160 valence electrons. The van der Waals surface area contributed by atoms with Crippen molar-refractivity contribution in [2.45, 2.75) is 39.3 Å². The molecule has 0 saturated heterocycles. The summed E-state index contributed by atoms with van der Waals surface area (Å²) in [5, 5.41) is 10.3. The molecule has 4 rings (SSSR count). The SMILES string of the molecule is CCCCc1nc2cnc3cc(C(=O)O)ccc3c2n1Cc1ccc(CN(C)C)cc1. The molecule has 6 nitrogen and oxygen atoms in total. The number of aromatic nitrogens is 3. The van der Waals surface area contributed by atoms with Crippen LogP contribution in [0.2, 0.25) is 0 Å². The molecule has 0 fully saturated rings. The number of rotatable bonds is 8. The molecule has 0 aliphatic heterocycles. The number of carboxylic acids is 1. The first-order valence-corrected chi connectivity index (χ1v) is 10.7. The Morgan fingerprint density at radius 3 is 2.48 bits per heavy atom. The van der Waals surface area contributed by atoms with Crippen LogP contribution >= 0.6 is 0 Å². The minimum absolute atomic E-state index is 0.244. The molecule has 31 heavy (non-hydrogen) atoms. The summed E-state index contributed by atoms with van der Waals surface area (Å²) in [4.78, 5) is 22.9. The highest BCUT2D eigenvalue weighted by atomic mass is 16.4. The monoisotopic (exact) mass is 416 g/mol. The van der Waals surface area contributed by atoms with Gasteiger partial charge in [-0.2, -0.15) is 0 Å². The van der Waals surface area contributed by atoms with Crippen LogP contribution in [0.5, 0.6) is 0 Å². The summed E-state index contributed by atoms with van der Waals surface area (Å²) >= 11 is 0. The highest BCUT2D eigenvalue weighted by Gasteiger charge is 2.16. The average molecular weight is 417 g/mol. The molecule has 2 aromatic carbocycles. The number of carbonyl (C=O) groups is 1. The number of hydrogen-bond acceptors (Lipinski definition) is 4. The molecule has 0 amide bonds. The molecule has 0 unspecified atom stereocenters. The van der Waals surface area contributed by atoms with Crippen LogP contribution in [0.4, 0.5) is 0 Å². The normalized spacial score (nSPS) is 11.6. The van der Waals surface area contributed by atoms with Crippen LogP contribution in [-0.4, -0.2) is 44.6 Å². The van der Waals surface area contributed by atoms with Gasteiger partial charge in [0, 0.05) is 24.9 Å². The summed E-state index contributed by atoms with van der Waals surface area (Å²) in [6.07, 6.45) is 4.83. The third-order valence-electron chi connectivity index (χ3n) is 5.52. The van der Waals surface area contributed by atoms with Crippen LogP contribution in [0.1, 0.15) is 47.1 Å². The number of fused-ring (bicyclic) bond motifs is 3. The first-order chi connectivity index (χ1) is 15.0. The summed E-state index contributed by atoms with van der Waals surface area (Å²) in [5.74, 6) is 0.101.